The van der Waals surface area contributed by atoms with Crippen LogP contribution in [0.5, 0.6) is 0 Å². The van der Waals surface area contributed by atoms with Crippen LogP contribution in [-0.4, -0.2) is 36.3 Å². The number of rotatable bonds is 5. The summed E-state index contributed by atoms with van der Waals surface area (Å²) in [5, 5.41) is 2.91. The number of amides is 1. The molecule has 2 heterocycles. The Kier molecular flexibility index (Phi) is 5.30. The van der Waals surface area contributed by atoms with Gasteiger partial charge in [0.1, 0.15) is 5.69 Å². The SMILES string of the molecule is CC(=O)c1c(C)[nH]c(C(=O)NC[C@@H]2CCN(c3ccc(F)c(F)c3)C2)c1C. The molecule has 0 radical (unpaired) electrons. The molecule has 1 aliphatic heterocycles. The maximum atomic E-state index is 13.4. The number of hydrogen-bond donors (Lipinski definition) is 2. The lowest BCUT2D eigenvalue weighted by Crippen LogP contribution is -2.31. The Morgan fingerprint density at radius 2 is 2.00 bits per heavy atom. The average molecular weight is 375 g/mol. The molecule has 144 valence electrons. The largest absolute Gasteiger partial charge is 0.371 e. The Balaban J connectivity index is 1.60. The number of hydrogen-bond acceptors (Lipinski definition) is 3. The fraction of sp³-hybridized carbons (Fsp3) is 0.400. The van der Waals surface area contributed by atoms with Gasteiger partial charge >= 0.3 is 0 Å². The van der Waals surface area contributed by atoms with Crippen LogP contribution in [0.3, 0.4) is 0 Å². The first-order valence-corrected chi connectivity index (χ1v) is 8.96. The summed E-state index contributed by atoms with van der Waals surface area (Å²) in [6.07, 6.45) is 0.848. The van der Waals surface area contributed by atoms with Crippen LogP contribution in [0.15, 0.2) is 18.2 Å². The number of aromatic nitrogens is 1. The predicted octanol–water partition coefficient (Wildman–Crippen LogP) is 3.37. The van der Waals surface area contributed by atoms with E-state index in [-0.39, 0.29) is 17.6 Å². The summed E-state index contributed by atoms with van der Waals surface area (Å²) in [5.41, 5.74) is 2.96. The third-order valence-electron chi connectivity index (χ3n) is 5.12. The van der Waals surface area contributed by atoms with Crippen molar-refractivity contribution in [2.45, 2.75) is 27.2 Å². The fourth-order valence-electron chi connectivity index (χ4n) is 3.75. The van der Waals surface area contributed by atoms with E-state index in [0.29, 0.717) is 41.3 Å². The topological polar surface area (TPSA) is 65.2 Å². The summed E-state index contributed by atoms with van der Waals surface area (Å²) < 4.78 is 26.5. The Hall–Kier alpha value is -2.70. The van der Waals surface area contributed by atoms with Crippen molar-refractivity contribution in [1.82, 2.24) is 10.3 Å². The molecule has 7 heteroatoms. The van der Waals surface area contributed by atoms with E-state index in [1.807, 2.05) is 4.90 Å². The second kappa shape index (κ2) is 7.50. The molecule has 0 bridgehead atoms. The number of ketones is 1. The fourth-order valence-corrected chi connectivity index (χ4v) is 3.75. The summed E-state index contributed by atoms with van der Waals surface area (Å²) in [6.45, 7) is 6.88. The van der Waals surface area contributed by atoms with Crippen LogP contribution in [0.4, 0.5) is 14.5 Å². The summed E-state index contributed by atoms with van der Waals surface area (Å²) in [7, 11) is 0. The van der Waals surface area contributed by atoms with E-state index in [9.17, 15) is 18.4 Å². The molecule has 27 heavy (non-hydrogen) atoms. The molecule has 0 spiro atoms. The normalized spacial score (nSPS) is 16.6. The van der Waals surface area contributed by atoms with E-state index in [1.54, 1.807) is 19.9 Å². The van der Waals surface area contributed by atoms with E-state index in [0.717, 1.165) is 19.0 Å². The third kappa shape index (κ3) is 3.86. The van der Waals surface area contributed by atoms with Crippen molar-refractivity contribution >= 4 is 17.4 Å². The molecule has 1 atom stereocenters. The monoisotopic (exact) mass is 375 g/mol. The molecule has 1 saturated heterocycles. The minimum absolute atomic E-state index is 0.0711. The van der Waals surface area contributed by atoms with Crippen molar-refractivity contribution in [3.63, 3.8) is 0 Å². The first kappa shape index (κ1) is 19.1. The summed E-state index contributed by atoms with van der Waals surface area (Å²) in [6, 6.07) is 3.89. The molecule has 1 aliphatic rings. The zero-order valence-corrected chi connectivity index (χ0v) is 15.7. The van der Waals surface area contributed by atoms with Crippen molar-refractivity contribution in [3.05, 3.63) is 52.3 Å². The number of halogens is 2. The predicted molar refractivity (Wildman–Crippen MR) is 99.3 cm³/mol. The Morgan fingerprint density at radius 3 is 2.63 bits per heavy atom. The van der Waals surface area contributed by atoms with Crippen LogP contribution in [0, 0.1) is 31.4 Å². The molecule has 5 nitrogen and oxygen atoms in total. The summed E-state index contributed by atoms with van der Waals surface area (Å²) >= 11 is 0. The van der Waals surface area contributed by atoms with Gasteiger partial charge in [0.05, 0.1) is 0 Å². The molecule has 0 unspecified atom stereocenters. The maximum Gasteiger partial charge on any atom is 0.268 e. The van der Waals surface area contributed by atoms with E-state index in [4.69, 9.17) is 0 Å². The van der Waals surface area contributed by atoms with Crippen LogP contribution < -0.4 is 10.2 Å². The zero-order valence-electron chi connectivity index (χ0n) is 15.7. The Morgan fingerprint density at radius 1 is 1.26 bits per heavy atom. The molecule has 3 rings (SSSR count). The smallest absolute Gasteiger partial charge is 0.268 e. The highest BCUT2D eigenvalue weighted by molar-refractivity contribution is 6.02. The number of aromatic amines is 1. The van der Waals surface area contributed by atoms with E-state index in [1.165, 1.54) is 13.0 Å². The minimum Gasteiger partial charge on any atom is -0.371 e. The van der Waals surface area contributed by atoms with Gasteiger partial charge in [-0.2, -0.15) is 0 Å². The zero-order chi connectivity index (χ0) is 19.7. The lowest BCUT2D eigenvalue weighted by atomic mass is 10.1. The van der Waals surface area contributed by atoms with Crippen LogP contribution in [0.2, 0.25) is 0 Å². The first-order valence-electron chi connectivity index (χ1n) is 8.96. The van der Waals surface area contributed by atoms with Gasteiger partial charge in [0.25, 0.3) is 5.91 Å². The Labute approximate surface area is 156 Å². The van der Waals surface area contributed by atoms with Crippen LogP contribution in [-0.2, 0) is 0 Å². The lowest BCUT2D eigenvalue weighted by molar-refractivity contribution is 0.0943. The van der Waals surface area contributed by atoms with Crippen molar-refractivity contribution in [2.24, 2.45) is 5.92 Å². The number of nitrogens with zero attached hydrogens (tertiary/aromatic N) is 1. The molecule has 1 aromatic heterocycles. The molecule has 0 aliphatic carbocycles. The van der Waals surface area contributed by atoms with Gasteiger partial charge < -0.3 is 15.2 Å². The number of anilines is 1. The quantitative estimate of drug-likeness (QED) is 0.788. The van der Waals surface area contributed by atoms with Crippen molar-refractivity contribution in [3.8, 4) is 0 Å². The second-order valence-electron chi connectivity index (χ2n) is 7.09. The van der Waals surface area contributed by atoms with Crippen LogP contribution in [0.1, 0.15) is 45.4 Å². The molecule has 2 aromatic rings. The molecular weight excluding hydrogens is 352 g/mol. The van der Waals surface area contributed by atoms with Gasteiger partial charge in [0, 0.05) is 42.6 Å². The van der Waals surface area contributed by atoms with Gasteiger partial charge in [-0.25, -0.2) is 8.78 Å². The highest BCUT2D eigenvalue weighted by atomic mass is 19.2. The van der Waals surface area contributed by atoms with Gasteiger partial charge in [-0.1, -0.05) is 0 Å². The number of H-pyrrole nitrogens is 1. The lowest BCUT2D eigenvalue weighted by Gasteiger charge is -2.19. The van der Waals surface area contributed by atoms with E-state index < -0.39 is 11.6 Å². The molecule has 1 fully saturated rings. The number of Topliss-reactive ketones (excluding diaryl/α,β-unsaturated/α-hetero) is 1. The van der Waals surface area contributed by atoms with Gasteiger partial charge in [0.2, 0.25) is 0 Å². The number of carbonyl (C=O) groups excluding carboxylic acids is 2. The van der Waals surface area contributed by atoms with Crippen LogP contribution >= 0.6 is 0 Å². The highest BCUT2D eigenvalue weighted by Gasteiger charge is 2.25. The third-order valence-corrected chi connectivity index (χ3v) is 5.12. The highest BCUT2D eigenvalue weighted by Crippen LogP contribution is 2.25. The standard InChI is InChI=1S/C20H23F2N3O2/c1-11-18(13(3)26)12(2)24-19(11)20(27)23-9-14-6-7-25(10-14)15-4-5-16(21)17(22)8-15/h4-5,8,14,24H,6-7,9-10H2,1-3H3,(H,23,27)/t14-/m0/s1. The maximum absolute atomic E-state index is 13.4. The molecule has 1 aromatic carbocycles. The Bertz CT molecular complexity index is 892. The summed E-state index contributed by atoms with van der Waals surface area (Å²) in [4.78, 5) is 29.2. The van der Waals surface area contributed by atoms with Gasteiger partial charge in [-0.3, -0.25) is 9.59 Å². The van der Waals surface area contributed by atoms with Gasteiger partial charge in [-0.05, 0) is 50.8 Å². The van der Waals surface area contributed by atoms with Gasteiger partial charge in [-0.15, -0.1) is 0 Å². The summed E-state index contributed by atoms with van der Waals surface area (Å²) in [5.74, 6) is -1.82. The molecule has 1 amide bonds. The van der Waals surface area contributed by atoms with Crippen molar-refractivity contribution < 1.29 is 18.4 Å². The molecule has 2 N–H and O–H groups in total. The number of carbonyl (C=O) groups is 2. The van der Waals surface area contributed by atoms with Crippen LogP contribution in [0.25, 0.3) is 0 Å². The number of benzene rings is 1. The van der Waals surface area contributed by atoms with E-state index in [2.05, 4.69) is 10.3 Å². The van der Waals surface area contributed by atoms with Gasteiger partial charge in [0.15, 0.2) is 17.4 Å². The molecular formula is C20H23F2N3O2. The first-order chi connectivity index (χ1) is 12.8. The minimum atomic E-state index is -0.858. The number of nitrogens with one attached hydrogen (secondary N) is 2. The molecule has 0 saturated carbocycles. The van der Waals surface area contributed by atoms with Crippen molar-refractivity contribution in [2.75, 3.05) is 24.5 Å². The van der Waals surface area contributed by atoms with E-state index >= 15 is 0 Å². The average Bonchev–Trinajstić information content (AvgIpc) is 3.19. The number of aryl methyl sites for hydroxylation is 1. The second-order valence-corrected chi connectivity index (χ2v) is 7.09. The van der Waals surface area contributed by atoms with Crippen molar-refractivity contribution in [1.29, 1.82) is 0 Å².